The molecule has 0 aliphatic carbocycles. The molecule has 2 aliphatic heterocycles. The molecule has 8 heteroatoms. The third-order valence-electron chi connectivity index (χ3n) is 5.68. The lowest BCUT2D eigenvalue weighted by Gasteiger charge is -2.31. The molecule has 2 amide bonds. The predicted molar refractivity (Wildman–Crippen MR) is 114 cm³/mol. The van der Waals surface area contributed by atoms with Crippen molar-refractivity contribution < 1.29 is 18.0 Å². The molecular weight excluding hydrogens is 402 g/mol. The van der Waals surface area contributed by atoms with E-state index in [1.54, 1.807) is 41.3 Å². The van der Waals surface area contributed by atoms with Crippen LogP contribution in [0.4, 0.5) is 5.69 Å². The highest BCUT2D eigenvalue weighted by Crippen LogP contribution is 2.26. The van der Waals surface area contributed by atoms with E-state index >= 15 is 0 Å². The number of amides is 2. The summed E-state index contributed by atoms with van der Waals surface area (Å²) in [5.41, 5.74) is 1.34. The molecule has 0 atom stereocenters. The van der Waals surface area contributed by atoms with Crippen LogP contribution in [0.3, 0.4) is 0 Å². The Morgan fingerprint density at radius 2 is 1.60 bits per heavy atom. The second-order valence-corrected chi connectivity index (χ2v) is 9.60. The number of rotatable bonds is 5. The maximum atomic E-state index is 13.0. The van der Waals surface area contributed by atoms with Gasteiger partial charge in [0.15, 0.2) is 0 Å². The van der Waals surface area contributed by atoms with Gasteiger partial charge in [0.05, 0.1) is 4.90 Å². The number of anilines is 1. The van der Waals surface area contributed by atoms with Gasteiger partial charge in [0, 0.05) is 43.3 Å². The topological polar surface area (TPSA) is 86.8 Å². The van der Waals surface area contributed by atoms with Crippen molar-refractivity contribution in [2.75, 3.05) is 24.5 Å². The first-order chi connectivity index (χ1) is 14.4. The largest absolute Gasteiger partial charge is 0.349 e. The molecule has 7 nitrogen and oxygen atoms in total. The SMILES string of the molecule is O=C(NC1CCN(S(=O)(=O)c2ccc(N3CCCC3=O)cc2)CC1)c1ccccc1. The van der Waals surface area contributed by atoms with Crippen molar-refractivity contribution in [1.82, 2.24) is 9.62 Å². The Kier molecular flexibility index (Phi) is 5.87. The number of benzene rings is 2. The Labute approximate surface area is 176 Å². The molecule has 4 rings (SSSR count). The molecule has 2 aliphatic rings. The molecule has 2 fully saturated rings. The Morgan fingerprint density at radius 1 is 0.933 bits per heavy atom. The molecule has 30 heavy (non-hydrogen) atoms. The second-order valence-electron chi connectivity index (χ2n) is 7.66. The molecule has 0 saturated carbocycles. The van der Waals surface area contributed by atoms with Gasteiger partial charge >= 0.3 is 0 Å². The smallest absolute Gasteiger partial charge is 0.251 e. The van der Waals surface area contributed by atoms with Crippen LogP contribution in [-0.4, -0.2) is 50.2 Å². The lowest BCUT2D eigenvalue weighted by atomic mass is 10.1. The molecule has 2 aromatic rings. The van der Waals surface area contributed by atoms with Crippen molar-refractivity contribution >= 4 is 27.5 Å². The second kappa shape index (κ2) is 8.57. The van der Waals surface area contributed by atoms with Gasteiger partial charge in [-0.1, -0.05) is 18.2 Å². The van der Waals surface area contributed by atoms with Crippen LogP contribution in [0, 0.1) is 0 Å². The lowest BCUT2D eigenvalue weighted by molar-refractivity contribution is -0.117. The van der Waals surface area contributed by atoms with Crippen LogP contribution in [-0.2, 0) is 14.8 Å². The molecule has 2 saturated heterocycles. The van der Waals surface area contributed by atoms with Crippen LogP contribution in [0.1, 0.15) is 36.0 Å². The summed E-state index contributed by atoms with van der Waals surface area (Å²) in [4.78, 5) is 26.1. The highest BCUT2D eigenvalue weighted by atomic mass is 32.2. The minimum absolute atomic E-state index is 0.0484. The molecule has 2 heterocycles. The summed E-state index contributed by atoms with van der Waals surface area (Å²) < 4.78 is 27.5. The summed E-state index contributed by atoms with van der Waals surface area (Å²) in [6.07, 6.45) is 2.50. The molecule has 1 N–H and O–H groups in total. The van der Waals surface area contributed by atoms with Gasteiger partial charge < -0.3 is 10.2 Å². The quantitative estimate of drug-likeness (QED) is 0.794. The van der Waals surface area contributed by atoms with E-state index in [0.717, 1.165) is 12.1 Å². The fourth-order valence-electron chi connectivity index (χ4n) is 3.97. The van der Waals surface area contributed by atoms with Crippen LogP contribution in [0.15, 0.2) is 59.5 Å². The van der Waals surface area contributed by atoms with E-state index in [0.29, 0.717) is 44.5 Å². The zero-order valence-corrected chi connectivity index (χ0v) is 17.5. The minimum Gasteiger partial charge on any atom is -0.349 e. The fraction of sp³-hybridized carbons (Fsp3) is 0.364. The molecule has 0 bridgehead atoms. The summed E-state index contributed by atoms with van der Waals surface area (Å²) in [6.45, 7) is 1.38. The third kappa shape index (κ3) is 4.24. The van der Waals surface area contributed by atoms with Gasteiger partial charge in [-0.25, -0.2) is 8.42 Å². The third-order valence-corrected chi connectivity index (χ3v) is 7.60. The van der Waals surface area contributed by atoms with Gasteiger partial charge in [0.2, 0.25) is 15.9 Å². The zero-order chi connectivity index (χ0) is 21.1. The van der Waals surface area contributed by atoms with Crippen LogP contribution in [0.5, 0.6) is 0 Å². The number of hydrogen-bond donors (Lipinski definition) is 1. The standard InChI is InChI=1S/C22H25N3O4S/c26-21-7-4-14-25(21)19-8-10-20(11-9-19)30(28,29)24-15-12-18(13-16-24)23-22(27)17-5-2-1-3-6-17/h1-3,5-6,8-11,18H,4,7,12-16H2,(H,23,27). The average Bonchev–Trinajstić information content (AvgIpc) is 3.20. The van der Waals surface area contributed by atoms with E-state index in [1.807, 2.05) is 18.2 Å². The summed E-state index contributed by atoms with van der Waals surface area (Å²) in [5.74, 6) is -0.0609. The Morgan fingerprint density at radius 3 is 2.20 bits per heavy atom. The molecule has 0 aromatic heterocycles. The van der Waals surface area contributed by atoms with Gasteiger partial charge in [0.1, 0.15) is 0 Å². The average molecular weight is 428 g/mol. The number of sulfonamides is 1. The van der Waals surface area contributed by atoms with Crippen LogP contribution in [0.25, 0.3) is 0 Å². The molecule has 158 valence electrons. The van der Waals surface area contributed by atoms with Crippen molar-refractivity contribution in [2.24, 2.45) is 0 Å². The van der Waals surface area contributed by atoms with E-state index < -0.39 is 10.0 Å². The molecule has 0 radical (unpaired) electrons. The molecule has 2 aromatic carbocycles. The summed E-state index contributed by atoms with van der Waals surface area (Å²) >= 11 is 0. The maximum Gasteiger partial charge on any atom is 0.251 e. The highest BCUT2D eigenvalue weighted by Gasteiger charge is 2.30. The van der Waals surface area contributed by atoms with Crippen LogP contribution < -0.4 is 10.2 Å². The van der Waals surface area contributed by atoms with Crippen molar-refractivity contribution in [3.8, 4) is 0 Å². The Balaban J connectivity index is 1.36. The van der Waals surface area contributed by atoms with Crippen molar-refractivity contribution in [1.29, 1.82) is 0 Å². The van der Waals surface area contributed by atoms with E-state index in [4.69, 9.17) is 0 Å². The fourth-order valence-corrected chi connectivity index (χ4v) is 5.44. The Hall–Kier alpha value is -2.71. The van der Waals surface area contributed by atoms with E-state index in [9.17, 15) is 18.0 Å². The zero-order valence-electron chi connectivity index (χ0n) is 16.7. The van der Waals surface area contributed by atoms with Gasteiger partial charge in [-0.3, -0.25) is 9.59 Å². The summed E-state index contributed by atoms with van der Waals surface area (Å²) in [6, 6.07) is 15.5. The van der Waals surface area contributed by atoms with Crippen LogP contribution in [0.2, 0.25) is 0 Å². The van der Waals surface area contributed by atoms with Gasteiger partial charge in [0.25, 0.3) is 5.91 Å². The first-order valence-electron chi connectivity index (χ1n) is 10.2. The normalized spacial score (nSPS) is 18.5. The van der Waals surface area contributed by atoms with Gasteiger partial charge in [-0.2, -0.15) is 4.31 Å². The minimum atomic E-state index is -3.60. The van der Waals surface area contributed by atoms with Crippen molar-refractivity contribution in [3.63, 3.8) is 0 Å². The van der Waals surface area contributed by atoms with Crippen LogP contribution >= 0.6 is 0 Å². The van der Waals surface area contributed by atoms with Crippen molar-refractivity contribution in [2.45, 2.75) is 36.6 Å². The van der Waals surface area contributed by atoms with Gasteiger partial charge in [-0.05, 0) is 55.7 Å². The first-order valence-corrected chi connectivity index (χ1v) is 11.7. The number of carbonyl (C=O) groups excluding carboxylic acids is 2. The van der Waals surface area contributed by atoms with E-state index in [2.05, 4.69) is 5.32 Å². The van der Waals surface area contributed by atoms with Gasteiger partial charge in [-0.15, -0.1) is 0 Å². The van der Waals surface area contributed by atoms with E-state index in [1.165, 1.54) is 4.31 Å². The highest BCUT2D eigenvalue weighted by molar-refractivity contribution is 7.89. The molecular formula is C22H25N3O4S. The lowest BCUT2D eigenvalue weighted by Crippen LogP contribution is -2.46. The number of nitrogens with zero attached hydrogens (tertiary/aromatic N) is 2. The first kappa shape index (κ1) is 20.6. The summed E-state index contributed by atoms with van der Waals surface area (Å²) in [7, 11) is -3.60. The molecule has 0 unspecified atom stereocenters. The Bertz CT molecular complexity index is 1010. The molecule has 0 spiro atoms. The number of hydrogen-bond acceptors (Lipinski definition) is 4. The number of carbonyl (C=O) groups is 2. The van der Waals surface area contributed by atoms with Crippen molar-refractivity contribution in [3.05, 3.63) is 60.2 Å². The predicted octanol–water partition coefficient (Wildman–Crippen LogP) is 2.40. The maximum absolute atomic E-state index is 13.0. The number of piperidine rings is 1. The number of nitrogens with one attached hydrogen (secondary N) is 1. The monoisotopic (exact) mass is 427 g/mol. The van der Waals surface area contributed by atoms with E-state index in [-0.39, 0.29) is 22.8 Å². The summed E-state index contributed by atoms with van der Waals surface area (Å²) in [5, 5.41) is 2.99.